The number of nitrogens with zero attached hydrogens (tertiary/aromatic N) is 1. The highest BCUT2D eigenvalue weighted by Crippen LogP contribution is 2.20. The summed E-state index contributed by atoms with van der Waals surface area (Å²) in [6.07, 6.45) is 4.13. The predicted octanol–water partition coefficient (Wildman–Crippen LogP) is 3.53. The Hall–Kier alpha value is -1.26. The van der Waals surface area contributed by atoms with Crippen LogP contribution in [-0.2, 0) is 6.42 Å². The van der Waals surface area contributed by atoms with E-state index in [1.54, 1.807) is 25.4 Å². The minimum atomic E-state index is -0.226. The lowest BCUT2D eigenvalue weighted by atomic mass is 9.99. The standard InChI is InChI=1S/C14H14BrFN2/c1-9-2-3-11(6-13(9)16)14(17)5-10-4-12(15)8-18-7-10/h2-4,6-8,14H,5,17H2,1H3. The number of pyridine rings is 1. The molecule has 1 heterocycles. The SMILES string of the molecule is Cc1ccc(C(N)Cc2cncc(Br)c2)cc1F. The molecule has 0 saturated carbocycles. The zero-order chi connectivity index (χ0) is 13.1. The third-order valence-corrected chi connectivity index (χ3v) is 3.27. The number of rotatable bonds is 3. The Kier molecular flexibility index (Phi) is 4.09. The lowest BCUT2D eigenvalue weighted by Gasteiger charge is -2.13. The van der Waals surface area contributed by atoms with Crippen LogP contribution in [0.5, 0.6) is 0 Å². The maximum Gasteiger partial charge on any atom is 0.126 e. The van der Waals surface area contributed by atoms with E-state index in [0.717, 1.165) is 15.6 Å². The van der Waals surface area contributed by atoms with Crippen LogP contribution in [0.4, 0.5) is 4.39 Å². The average molecular weight is 309 g/mol. The number of aryl methyl sites for hydroxylation is 1. The molecule has 18 heavy (non-hydrogen) atoms. The highest BCUT2D eigenvalue weighted by atomic mass is 79.9. The Balaban J connectivity index is 2.16. The van der Waals surface area contributed by atoms with Crippen LogP contribution in [-0.4, -0.2) is 4.98 Å². The summed E-state index contributed by atoms with van der Waals surface area (Å²) in [5.74, 6) is -0.213. The second-order valence-corrected chi connectivity index (χ2v) is 5.25. The summed E-state index contributed by atoms with van der Waals surface area (Å²) in [6.45, 7) is 1.74. The molecule has 0 radical (unpaired) electrons. The Morgan fingerprint density at radius 1 is 1.33 bits per heavy atom. The van der Waals surface area contributed by atoms with E-state index < -0.39 is 0 Å². The molecule has 2 nitrogen and oxygen atoms in total. The second-order valence-electron chi connectivity index (χ2n) is 4.33. The zero-order valence-electron chi connectivity index (χ0n) is 10.0. The van der Waals surface area contributed by atoms with E-state index in [1.165, 1.54) is 6.07 Å². The van der Waals surface area contributed by atoms with Crippen LogP contribution in [0.25, 0.3) is 0 Å². The molecule has 0 spiro atoms. The lowest BCUT2D eigenvalue weighted by Crippen LogP contribution is -2.13. The number of benzene rings is 1. The van der Waals surface area contributed by atoms with Crippen LogP contribution >= 0.6 is 15.9 Å². The number of hydrogen-bond acceptors (Lipinski definition) is 2. The van der Waals surface area contributed by atoms with E-state index in [2.05, 4.69) is 20.9 Å². The predicted molar refractivity (Wildman–Crippen MR) is 73.7 cm³/mol. The molecule has 1 unspecified atom stereocenters. The molecule has 0 amide bonds. The highest BCUT2D eigenvalue weighted by Gasteiger charge is 2.09. The van der Waals surface area contributed by atoms with Gasteiger partial charge in [0.25, 0.3) is 0 Å². The van der Waals surface area contributed by atoms with Gasteiger partial charge in [-0.05, 0) is 58.1 Å². The fourth-order valence-corrected chi connectivity index (χ4v) is 2.19. The van der Waals surface area contributed by atoms with Crippen molar-refractivity contribution in [3.8, 4) is 0 Å². The quantitative estimate of drug-likeness (QED) is 0.942. The minimum absolute atomic E-state index is 0.213. The van der Waals surface area contributed by atoms with Gasteiger partial charge in [0, 0.05) is 22.9 Å². The Morgan fingerprint density at radius 3 is 2.78 bits per heavy atom. The van der Waals surface area contributed by atoms with E-state index in [9.17, 15) is 4.39 Å². The fourth-order valence-electron chi connectivity index (χ4n) is 1.78. The van der Waals surface area contributed by atoms with Crippen molar-refractivity contribution in [2.75, 3.05) is 0 Å². The first-order valence-corrected chi connectivity index (χ1v) is 6.46. The summed E-state index contributed by atoms with van der Waals surface area (Å²) >= 11 is 3.37. The summed E-state index contributed by atoms with van der Waals surface area (Å²) in [4.78, 5) is 4.09. The number of nitrogens with two attached hydrogens (primary N) is 1. The van der Waals surface area contributed by atoms with Gasteiger partial charge in [-0.2, -0.15) is 0 Å². The van der Waals surface area contributed by atoms with Crippen LogP contribution in [0, 0.1) is 12.7 Å². The van der Waals surface area contributed by atoms with E-state index in [4.69, 9.17) is 5.73 Å². The van der Waals surface area contributed by atoms with Gasteiger partial charge in [0.2, 0.25) is 0 Å². The van der Waals surface area contributed by atoms with E-state index in [-0.39, 0.29) is 11.9 Å². The van der Waals surface area contributed by atoms with Gasteiger partial charge in [0.15, 0.2) is 0 Å². The molecule has 0 saturated heterocycles. The van der Waals surface area contributed by atoms with Crippen molar-refractivity contribution in [2.45, 2.75) is 19.4 Å². The minimum Gasteiger partial charge on any atom is -0.324 e. The van der Waals surface area contributed by atoms with Crippen molar-refractivity contribution < 1.29 is 4.39 Å². The summed E-state index contributed by atoms with van der Waals surface area (Å²) in [6, 6.07) is 6.87. The van der Waals surface area contributed by atoms with Crippen LogP contribution < -0.4 is 5.73 Å². The molecule has 1 atom stereocenters. The van der Waals surface area contributed by atoms with Gasteiger partial charge in [-0.15, -0.1) is 0 Å². The molecular formula is C14H14BrFN2. The van der Waals surface area contributed by atoms with E-state index in [0.29, 0.717) is 12.0 Å². The molecule has 0 fully saturated rings. The number of halogens is 2. The maximum atomic E-state index is 13.5. The van der Waals surface area contributed by atoms with Crippen LogP contribution in [0.3, 0.4) is 0 Å². The molecule has 4 heteroatoms. The smallest absolute Gasteiger partial charge is 0.126 e. The van der Waals surface area contributed by atoms with E-state index in [1.807, 2.05) is 12.1 Å². The molecule has 2 aromatic rings. The molecule has 0 aliphatic heterocycles. The fraction of sp³-hybridized carbons (Fsp3) is 0.214. The molecular weight excluding hydrogens is 295 g/mol. The molecule has 0 aliphatic carbocycles. The summed E-state index contributed by atoms with van der Waals surface area (Å²) < 4.78 is 14.4. The molecule has 94 valence electrons. The highest BCUT2D eigenvalue weighted by molar-refractivity contribution is 9.10. The number of hydrogen-bond donors (Lipinski definition) is 1. The summed E-state index contributed by atoms with van der Waals surface area (Å²) in [5.41, 5.74) is 8.55. The molecule has 1 aromatic heterocycles. The summed E-state index contributed by atoms with van der Waals surface area (Å²) in [7, 11) is 0. The number of aromatic nitrogens is 1. The lowest BCUT2D eigenvalue weighted by molar-refractivity contribution is 0.609. The van der Waals surface area contributed by atoms with Crippen molar-refractivity contribution in [3.63, 3.8) is 0 Å². The molecule has 0 bridgehead atoms. The van der Waals surface area contributed by atoms with Crippen LogP contribution in [0.1, 0.15) is 22.7 Å². The topological polar surface area (TPSA) is 38.9 Å². The van der Waals surface area contributed by atoms with Gasteiger partial charge >= 0.3 is 0 Å². The average Bonchev–Trinajstić information content (AvgIpc) is 2.32. The third-order valence-electron chi connectivity index (χ3n) is 2.84. The monoisotopic (exact) mass is 308 g/mol. The Bertz CT molecular complexity index is 557. The van der Waals surface area contributed by atoms with Gasteiger partial charge in [0.05, 0.1) is 0 Å². The zero-order valence-corrected chi connectivity index (χ0v) is 11.6. The van der Waals surface area contributed by atoms with Crippen molar-refractivity contribution in [2.24, 2.45) is 5.73 Å². The van der Waals surface area contributed by atoms with Crippen LogP contribution in [0.15, 0.2) is 41.1 Å². The molecule has 2 rings (SSSR count). The van der Waals surface area contributed by atoms with E-state index >= 15 is 0 Å². The van der Waals surface area contributed by atoms with Crippen molar-refractivity contribution >= 4 is 15.9 Å². The first-order chi connectivity index (χ1) is 8.56. The first-order valence-electron chi connectivity index (χ1n) is 5.67. The summed E-state index contributed by atoms with van der Waals surface area (Å²) in [5, 5.41) is 0. The first kappa shape index (κ1) is 13.2. The van der Waals surface area contributed by atoms with Crippen molar-refractivity contribution in [1.82, 2.24) is 4.98 Å². The normalized spacial score (nSPS) is 12.4. The third kappa shape index (κ3) is 3.15. The van der Waals surface area contributed by atoms with Gasteiger partial charge in [-0.25, -0.2) is 4.39 Å². The molecule has 1 aromatic carbocycles. The van der Waals surface area contributed by atoms with Gasteiger partial charge in [-0.3, -0.25) is 4.98 Å². The van der Waals surface area contributed by atoms with Gasteiger partial charge in [0.1, 0.15) is 5.82 Å². The maximum absolute atomic E-state index is 13.5. The van der Waals surface area contributed by atoms with Gasteiger partial charge < -0.3 is 5.73 Å². The van der Waals surface area contributed by atoms with Gasteiger partial charge in [-0.1, -0.05) is 12.1 Å². The Labute approximate surface area is 114 Å². The largest absolute Gasteiger partial charge is 0.324 e. The molecule has 0 aliphatic rings. The van der Waals surface area contributed by atoms with Crippen LogP contribution in [0.2, 0.25) is 0 Å². The van der Waals surface area contributed by atoms with Crippen molar-refractivity contribution in [3.05, 3.63) is 63.6 Å². The second kappa shape index (κ2) is 5.59. The molecule has 2 N–H and O–H groups in total. The van der Waals surface area contributed by atoms with Crippen molar-refractivity contribution in [1.29, 1.82) is 0 Å². The Morgan fingerprint density at radius 2 is 2.11 bits per heavy atom.